The molecule has 0 aliphatic heterocycles. The van der Waals surface area contributed by atoms with Crippen molar-refractivity contribution in [1.82, 2.24) is 14.8 Å². The highest BCUT2D eigenvalue weighted by atomic mass is 15.1. The van der Waals surface area contributed by atoms with Gasteiger partial charge in [-0.25, -0.2) is 0 Å². The number of nitrogens with two attached hydrogens (primary N) is 1. The van der Waals surface area contributed by atoms with Gasteiger partial charge in [-0.3, -0.25) is 9.98 Å². The average Bonchev–Trinajstić information content (AvgIpc) is 2.42. The number of hydrogen-bond acceptors (Lipinski definition) is 5. The van der Waals surface area contributed by atoms with Crippen LogP contribution < -0.4 is 5.73 Å². The quantitative estimate of drug-likeness (QED) is 0.686. The molecule has 2 N–H and O–H groups in total. The molecule has 0 spiro atoms. The fourth-order valence-electron chi connectivity index (χ4n) is 1.91. The van der Waals surface area contributed by atoms with E-state index in [4.69, 9.17) is 5.73 Å². The summed E-state index contributed by atoms with van der Waals surface area (Å²) in [5.41, 5.74) is 8.29. The number of rotatable bonds is 9. The summed E-state index contributed by atoms with van der Waals surface area (Å²) in [7, 11) is 8.23. The van der Waals surface area contributed by atoms with E-state index in [2.05, 4.69) is 54.0 Å². The Kier molecular flexibility index (Phi) is 8.12. The Labute approximate surface area is 128 Å². The molecule has 21 heavy (non-hydrogen) atoms. The van der Waals surface area contributed by atoms with Gasteiger partial charge in [0.15, 0.2) is 0 Å². The number of likely N-dealkylation sites (N-methyl/N-ethyl adjacent to an activating group) is 1. The lowest BCUT2D eigenvalue weighted by Gasteiger charge is -2.14. The fourth-order valence-corrected chi connectivity index (χ4v) is 1.91. The van der Waals surface area contributed by atoms with Crippen LogP contribution in [-0.4, -0.2) is 74.9 Å². The molecule has 1 heterocycles. The van der Waals surface area contributed by atoms with Crippen LogP contribution >= 0.6 is 0 Å². The molecule has 0 fully saturated rings. The highest BCUT2D eigenvalue weighted by Crippen LogP contribution is 2.04. The van der Waals surface area contributed by atoms with Gasteiger partial charge in [-0.15, -0.1) is 0 Å². The Hall–Kier alpha value is -1.30. The molecular formula is C16H29N5. The lowest BCUT2D eigenvalue weighted by molar-refractivity contribution is 0.379. The first kappa shape index (κ1) is 17.8. The van der Waals surface area contributed by atoms with Gasteiger partial charge in [0, 0.05) is 37.1 Å². The third-order valence-electron chi connectivity index (χ3n) is 3.18. The Morgan fingerprint density at radius 2 is 1.95 bits per heavy atom. The predicted molar refractivity (Wildman–Crippen MR) is 90.1 cm³/mol. The summed E-state index contributed by atoms with van der Waals surface area (Å²) in [6, 6.07) is 4.21. The summed E-state index contributed by atoms with van der Waals surface area (Å²) in [6.45, 7) is 2.78. The van der Waals surface area contributed by atoms with Crippen molar-refractivity contribution in [3.8, 4) is 0 Å². The van der Waals surface area contributed by atoms with Crippen molar-refractivity contribution >= 4 is 6.21 Å². The number of hydrogen-bond donors (Lipinski definition) is 1. The zero-order valence-corrected chi connectivity index (χ0v) is 13.8. The Bertz CT molecular complexity index is 428. The normalized spacial score (nSPS) is 13.5. The van der Waals surface area contributed by atoms with Gasteiger partial charge >= 0.3 is 0 Å². The molecule has 0 aliphatic rings. The molecule has 1 atom stereocenters. The van der Waals surface area contributed by atoms with Gasteiger partial charge in [0.25, 0.3) is 0 Å². The number of aromatic nitrogens is 1. The van der Waals surface area contributed by atoms with Gasteiger partial charge in [0.1, 0.15) is 0 Å². The molecule has 5 heteroatoms. The van der Waals surface area contributed by atoms with Crippen LogP contribution in [0.1, 0.15) is 17.7 Å². The maximum Gasteiger partial charge on any atom is 0.0516 e. The van der Waals surface area contributed by atoms with Crippen molar-refractivity contribution in [1.29, 1.82) is 0 Å². The van der Waals surface area contributed by atoms with Crippen LogP contribution in [0, 0.1) is 0 Å². The number of pyridine rings is 1. The van der Waals surface area contributed by atoms with Crippen LogP contribution in [0.25, 0.3) is 0 Å². The van der Waals surface area contributed by atoms with Crippen LogP contribution in [0.5, 0.6) is 0 Å². The Balaban J connectivity index is 2.48. The van der Waals surface area contributed by atoms with E-state index >= 15 is 0 Å². The van der Waals surface area contributed by atoms with Gasteiger partial charge < -0.3 is 15.5 Å². The summed E-state index contributed by atoms with van der Waals surface area (Å²) >= 11 is 0. The maximum atomic E-state index is 6.15. The largest absolute Gasteiger partial charge is 0.327 e. The second kappa shape index (κ2) is 9.60. The molecule has 0 aromatic carbocycles. The van der Waals surface area contributed by atoms with Gasteiger partial charge in [0.05, 0.1) is 6.54 Å². The zero-order chi connectivity index (χ0) is 15.7. The van der Waals surface area contributed by atoms with Crippen LogP contribution in [-0.2, 0) is 6.42 Å². The van der Waals surface area contributed by atoms with Crippen molar-refractivity contribution in [3.05, 3.63) is 29.6 Å². The summed E-state index contributed by atoms with van der Waals surface area (Å²) in [4.78, 5) is 13.1. The van der Waals surface area contributed by atoms with Crippen LogP contribution in [0.2, 0.25) is 0 Å². The van der Waals surface area contributed by atoms with Gasteiger partial charge in [-0.05, 0) is 58.9 Å². The smallest absolute Gasteiger partial charge is 0.0516 e. The van der Waals surface area contributed by atoms with Crippen molar-refractivity contribution in [2.24, 2.45) is 10.7 Å². The van der Waals surface area contributed by atoms with E-state index in [-0.39, 0.29) is 6.04 Å². The standard InChI is InChI=1S/C16H29N5/c1-20(2)9-6-15(17)12-16-11-14(5-7-19-16)13-18-8-10-21(3)4/h5,7,11,13,15H,6,8-10,12,17H2,1-4H3. The maximum absolute atomic E-state index is 6.15. The number of nitrogens with zero attached hydrogens (tertiary/aromatic N) is 4. The summed E-state index contributed by atoms with van der Waals surface area (Å²) in [5.74, 6) is 0. The van der Waals surface area contributed by atoms with Crippen molar-refractivity contribution in [3.63, 3.8) is 0 Å². The van der Waals surface area contributed by atoms with Crippen LogP contribution in [0.15, 0.2) is 23.3 Å². The van der Waals surface area contributed by atoms with Crippen molar-refractivity contribution in [2.45, 2.75) is 18.9 Å². The molecule has 1 rings (SSSR count). The lowest BCUT2D eigenvalue weighted by Crippen LogP contribution is -2.28. The molecule has 0 saturated heterocycles. The molecule has 1 aromatic heterocycles. The molecule has 0 aliphatic carbocycles. The van der Waals surface area contributed by atoms with E-state index in [1.54, 1.807) is 0 Å². The van der Waals surface area contributed by atoms with E-state index in [9.17, 15) is 0 Å². The monoisotopic (exact) mass is 291 g/mol. The number of aliphatic imine (C=N–C) groups is 1. The second-order valence-electron chi connectivity index (χ2n) is 5.98. The molecule has 0 amide bonds. The van der Waals surface area contributed by atoms with Gasteiger partial charge in [-0.2, -0.15) is 0 Å². The van der Waals surface area contributed by atoms with Crippen molar-refractivity contribution in [2.75, 3.05) is 47.8 Å². The van der Waals surface area contributed by atoms with E-state index in [1.807, 2.05) is 18.5 Å². The Morgan fingerprint density at radius 1 is 1.24 bits per heavy atom. The summed E-state index contributed by atoms with van der Waals surface area (Å²) in [5, 5.41) is 0. The first-order chi connectivity index (χ1) is 9.97. The van der Waals surface area contributed by atoms with Gasteiger partial charge in [-0.1, -0.05) is 0 Å². The lowest BCUT2D eigenvalue weighted by atomic mass is 10.1. The minimum atomic E-state index is 0.154. The molecule has 0 radical (unpaired) electrons. The third-order valence-corrected chi connectivity index (χ3v) is 3.18. The first-order valence-corrected chi connectivity index (χ1v) is 7.47. The molecular weight excluding hydrogens is 262 g/mol. The third kappa shape index (κ3) is 8.55. The minimum absolute atomic E-state index is 0.154. The molecule has 1 unspecified atom stereocenters. The van der Waals surface area contributed by atoms with Crippen molar-refractivity contribution < 1.29 is 0 Å². The fraction of sp³-hybridized carbons (Fsp3) is 0.625. The zero-order valence-electron chi connectivity index (χ0n) is 13.8. The summed E-state index contributed by atoms with van der Waals surface area (Å²) in [6.07, 6.45) is 5.55. The van der Waals surface area contributed by atoms with E-state index < -0.39 is 0 Å². The SMILES string of the molecule is CN(C)CCN=Cc1ccnc(CC(N)CCN(C)C)c1. The predicted octanol–water partition coefficient (Wildman–Crippen LogP) is 0.884. The van der Waals surface area contributed by atoms with Crippen LogP contribution in [0.3, 0.4) is 0 Å². The summed E-state index contributed by atoms with van der Waals surface area (Å²) < 4.78 is 0. The minimum Gasteiger partial charge on any atom is -0.327 e. The molecule has 5 nitrogen and oxygen atoms in total. The van der Waals surface area contributed by atoms with E-state index in [0.717, 1.165) is 43.7 Å². The first-order valence-electron chi connectivity index (χ1n) is 7.47. The van der Waals surface area contributed by atoms with E-state index in [1.165, 1.54) is 0 Å². The molecule has 1 aromatic rings. The average molecular weight is 291 g/mol. The van der Waals surface area contributed by atoms with Gasteiger partial charge in [0.2, 0.25) is 0 Å². The highest BCUT2D eigenvalue weighted by Gasteiger charge is 2.06. The molecule has 0 bridgehead atoms. The second-order valence-corrected chi connectivity index (χ2v) is 5.98. The van der Waals surface area contributed by atoms with Crippen LogP contribution in [0.4, 0.5) is 0 Å². The highest BCUT2D eigenvalue weighted by molar-refractivity contribution is 5.79. The Morgan fingerprint density at radius 3 is 2.62 bits per heavy atom. The molecule has 0 saturated carbocycles. The molecule has 118 valence electrons. The topological polar surface area (TPSA) is 57.8 Å². The van der Waals surface area contributed by atoms with E-state index in [0.29, 0.717) is 0 Å².